The van der Waals surface area contributed by atoms with E-state index in [0.29, 0.717) is 26.8 Å². The molecule has 2 aromatic heterocycles. The van der Waals surface area contributed by atoms with Crippen molar-refractivity contribution < 1.29 is 28.1 Å². The summed E-state index contributed by atoms with van der Waals surface area (Å²) in [6, 6.07) is 6.60. The number of nitrogens with zero attached hydrogens (tertiary/aromatic N) is 3. The summed E-state index contributed by atoms with van der Waals surface area (Å²) in [6.45, 7) is 13.9. The van der Waals surface area contributed by atoms with Crippen molar-refractivity contribution in [3.8, 4) is 0 Å². The normalized spacial score (nSPS) is 26.3. The van der Waals surface area contributed by atoms with Gasteiger partial charge < -0.3 is 28.3 Å². The van der Waals surface area contributed by atoms with Gasteiger partial charge in [0.15, 0.2) is 20.3 Å². The van der Waals surface area contributed by atoms with Crippen molar-refractivity contribution >= 4 is 42.6 Å². The lowest BCUT2D eigenvalue weighted by molar-refractivity contribution is -0.207. The smallest absolute Gasteiger partial charge is 0.192 e. The fourth-order valence-corrected chi connectivity index (χ4v) is 6.45. The van der Waals surface area contributed by atoms with Gasteiger partial charge in [0.2, 0.25) is 0 Å². The van der Waals surface area contributed by atoms with Gasteiger partial charge in [-0.15, -0.1) is 0 Å². The van der Waals surface area contributed by atoms with E-state index in [-0.39, 0.29) is 17.2 Å². The summed E-state index contributed by atoms with van der Waals surface area (Å²) in [6.07, 6.45) is -2.35. The van der Waals surface area contributed by atoms with Crippen LogP contribution in [0, 0.1) is 0 Å². The Labute approximate surface area is 244 Å². The highest BCUT2D eigenvalue weighted by Crippen LogP contribution is 2.48. The molecule has 2 saturated heterocycles. The molecule has 2 fully saturated rings. The average molecular weight is 613 g/mol. The van der Waals surface area contributed by atoms with Crippen LogP contribution >= 0.6 is 23.2 Å². The lowest BCUT2D eigenvalue weighted by Gasteiger charge is -2.36. The van der Waals surface area contributed by atoms with Crippen LogP contribution in [0.1, 0.15) is 64.2 Å². The van der Waals surface area contributed by atoms with Gasteiger partial charge in [0.25, 0.3) is 0 Å². The molecule has 0 radical (unpaired) electrons. The minimum absolute atomic E-state index is 0.0739. The topological polar surface area (TPSA) is 87.9 Å². The van der Waals surface area contributed by atoms with Crippen LogP contribution in [0.4, 0.5) is 4.39 Å². The van der Waals surface area contributed by atoms with Crippen molar-refractivity contribution in [3.05, 3.63) is 58.1 Å². The molecule has 3 aromatic rings. The average Bonchev–Trinajstić information content (AvgIpc) is 3.52. The first-order valence-electron chi connectivity index (χ1n) is 13.3. The Morgan fingerprint density at radius 3 is 2.52 bits per heavy atom. The third-order valence-corrected chi connectivity index (χ3v) is 13.2. The predicted molar refractivity (Wildman–Crippen MR) is 154 cm³/mol. The van der Waals surface area contributed by atoms with Gasteiger partial charge in [-0.3, -0.25) is 0 Å². The van der Waals surface area contributed by atoms with E-state index in [9.17, 15) is 5.11 Å². The number of aliphatic hydroxyl groups excluding tert-OH is 1. The zero-order valence-corrected chi connectivity index (χ0v) is 26.2. The number of aromatic nitrogens is 3. The van der Waals surface area contributed by atoms with E-state index in [2.05, 4.69) is 43.8 Å². The van der Waals surface area contributed by atoms with Crippen molar-refractivity contribution in [1.29, 1.82) is 0 Å². The van der Waals surface area contributed by atoms with Gasteiger partial charge in [0.05, 0.1) is 12.0 Å². The van der Waals surface area contributed by atoms with Gasteiger partial charge in [-0.25, -0.2) is 14.4 Å². The molecule has 0 aliphatic carbocycles. The highest BCUT2D eigenvalue weighted by atomic mass is 35.5. The second-order valence-electron chi connectivity index (χ2n) is 12.4. The Hall–Kier alpha value is -1.63. The van der Waals surface area contributed by atoms with Crippen molar-refractivity contribution in [2.24, 2.45) is 0 Å². The van der Waals surface area contributed by atoms with Crippen LogP contribution in [0.3, 0.4) is 0 Å². The third-order valence-electron chi connectivity index (χ3n) is 8.21. The van der Waals surface area contributed by atoms with Gasteiger partial charge in [-0.1, -0.05) is 50.0 Å². The maximum absolute atomic E-state index is 15.8. The summed E-state index contributed by atoms with van der Waals surface area (Å²) in [5, 5.41) is 13.0. The minimum atomic E-state index is -2.20. The van der Waals surface area contributed by atoms with Crippen molar-refractivity contribution in [2.75, 3.05) is 6.61 Å². The number of benzene rings is 1. The van der Waals surface area contributed by atoms with Crippen LogP contribution in [-0.4, -0.2) is 58.7 Å². The number of ether oxygens (including phenoxy) is 3. The molecule has 8 nitrogen and oxygen atoms in total. The molecule has 4 heterocycles. The van der Waals surface area contributed by atoms with Crippen LogP contribution < -0.4 is 0 Å². The fraction of sp³-hybridized carbons (Fsp3) is 0.571. The molecule has 1 aromatic carbocycles. The molecule has 0 bridgehead atoms. The standard InChI is InChI=1S/C28H36Cl2FN3O5Si/c1-27(2,3)40(6,7)36-13-19(31)18-12-15(29)8-9-16(18)20(35)21-22-23(39-28(4,5)38-22)26(37-21)34-11-10-17-24(30)32-14-33-25(17)34/h8-12,14,19-23,26,35H,13H2,1-7H3/t19-,20+,21+,22+,23+,26+/m0/s1. The van der Waals surface area contributed by atoms with Crippen LogP contribution in [0.5, 0.6) is 0 Å². The molecule has 5 rings (SSSR count). The second-order valence-corrected chi connectivity index (χ2v) is 18.0. The lowest BCUT2D eigenvalue weighted by Crippen LogP contribution is -2.41. The summed E-state index contributed by atoms with van der Waals surface area (Å²) in [5.41, 5.74) is 1.17. The largest absolute Gasteiger partial charge is 0.414 e. The summed E-state index contributed by atoms with van der Waals surface area (Å²) < 4.78 is 42.7. The highest BCUT2D eigenvalue weighted by molar-refractivity contribution is 6.74. The molecular formula is C28H36Cl2FN3O5Si. The Kier molecular flexibility index (Phi) is 7.89. The SMILES string of the molecule is CC1(C)O[C@H]2[C@@H](O1)[C@H](n1ccc3c(Cl)ncnc31)O[C@@H]2[C@H](O)c1ccc(Cl)cc1[C@@H](F)CO[Si](C)(C)C(C)(C)C. The van der Waals surface area contributed by atoms with E-state index in [1.54, 1.807) is 29.0 Å². The maximum Gasteiger partial charge on any atom is 0.192 e. The van der Waals surface area contributed by atoms with E-state index < -0.39 is 50.9 Å². The van der Waals surface area contributed by atoms with Gasteiger partial charge >= 0.3 is 0 Å². The zero-order valence-electron chi connectivity index (χ0n) is 23.7. The van der Waals surface area contributed by atoms with Gasteiger partial charge in [-0.2, -0.15) is 0 Å². The van der Waals surface area contributed by atoms with Crippen LogP contribution in [0.25, 0.3) is 11.0 Å². The number of hydrogen-bond acceptors (Lipinski definition) is 7. The first kappa shape index (κ1) is 29.8. The summed E-state index contributed by atoms with van der Waals surface area (Å²) >= 11 is 12.6. The summed E-state index contributed by atoms with van der Waals surface area (Å²) in [7, 11) is -2.20. The molecule has 12 heteroatoms. The van der Waals surface area contributed by atoms with E-state index in [1.807, 2.05) is 13.8 Å². The quantitative estimate of drug-likeness (QED) is 0.229. The molecule has 0 saturated carbocycles. The molecule has 0 spiro atoms. The number of hydrogen-bond donors (Lipinski definition) is 1. The first-order valence-corrected chi connectivity index (χ1v) is 17.0. The molecule has 6 atom stereocenters. The third kappa shape index (κ3) is 5.45. The van der Waals surface area contributed by atoms with Gasteiger partial charge in [-0.05, 0) is 61.3 Å². The molecule has 2 aliphatic heterocycles. The zero-order chi connectivity index (χ0) is 29.2. The Morgan fingerprint density at radius 2 is 1.82 bits per heavy atom. The molecule has 1 N–H and O–H groups in total. The van der Waals surface area contributed by atoms with Crippen molar-refractivity contribution in [2.45, 2.75) is 95.4 Å². The number of alkyl halides is 1. The fourth-order valence-electron chi connectivity index (χ4n) is 5.08. The molecule has 40 heavy (non-hydrogen) atoms. The van der Waals surface area contributed by atoms with E-state index in [1.165, 1.54) is 12.4 Å². The first-order chi connectivity index (χ1) is 18.6. The lowest BCUT2D eigenvalue weighted by atomic mass is 9.93. The predicted octanol–water partition coefficient (Wildman–Crippen LogP) is 6.92. The molecule has 218 valence electrons. The van der Waals surface area contributed by atoms with Crippen LogP contribution in [0.15, 0.2) is 36.8 Å². The highest BCUT2D eigenvalue weighted by Gasteiger charge is 2.58. The molecular weight excluding hydrogens is 576 g/mol. The van der Waals surface area contributed by atoms with E-state index >= 15 is 4.39 Å². The number of rotatable bonds is 7. The van der Waals surface area contributed by atoms with Crippen molar-refractivity contribution in [1.82, 2.24) is 14.5 Å². The molecule has 0 unspecified atom stereocenters. The van der Waals surface area contributed by atoms with Crippen molar-refractivity contribution in [3.63, 3.8) is 0 Å². The number of aliphatic hydroxyl groups is 1. The van der Waals surface area contributed by atoms with Crippen LogP contribution in [0.2, 0.25) is 28.3 Å². The number of halogens is 3. The Balaban J connectivity index is 1.46. The van der Waals surface area contributed by atoms with E-state index in [0.717, 1.165) is 0 Å². The monoisotopic (exact) mass is 611 g/mol. The molecule has 2 aliphatic rings. The molecule has 0 amide bonds. The van der Waals surface area contributed by atoms with Gasteiger partial charge in [0.1, 0.15) is 47.7 Å². The summed E-state index contributed by atoms with van der Waals surface area (Å²) in [4.78, 5) is 8.43. The Bertz CT molecular complexity index is 1400. The van der Waals surface area contributed by atoms with E-state index in [4.69, 9.17) is 41.8 Å². The van der Waals surface area contributed by atoms with Gasteiger partial charge in [0, 0.05) is 11.2 Å². The summed E-state index contributed by atoms with van der Waals surface area (Å²) in [5.74, 6) is -0.923. The minimum Gasteiger partial charge on any atom is -0.414 e. The number of fused-ring (bicyclic) bond motifs is 2. The second kappa shape index (κ2) is 10.6. The van der Waals surface area contributed by atoms with Crippen LogP contribution in [-0.2, 0) is 18.6 Å². The maximum atomic E-state index is 15.8. The Morgan fingerprint density at radius 1 is 1.12 bits per heavy atom.